The summed E-state index contributed by atoms with van der Waals surface area (Å²) in [6.45, 7) is 0. The zero-order valence-corrected chi connectivity index (χ0v) is 6.98. The van der Waals surface area contributed by atoms with Crippen molar-refractivity contribution in [2.45, 2.75) is 6.04 Å². The Hall–Kier alpha value is -1.04. The lowest BCUT2D eigenvalue weighted by Gasteiger charge is -2.05. The third-order valence-electron chi connectivity index (χ3n) is 1.48. The molecule has 1 rings (SSSR count). The van der Waals surface area contributed by atoms with Gasteiger partial charge in [-0.15, -0.1) is 6.42 Å². The van der Waals surface area contributed by atoms with Crippen LogP contribution in [0.1, 0.15) is 11.6 Å². The molecule has 62 valence electrons. The second kappa shape index (κ2) is 3.57. The molecule has 0 unspecified atom stereocenters. The van der Waals surface area contributed by atoms with E-state index >= 15 is 0 Å². The maximum atomic E-state index is 13.0. The standard InChI is InChI=1S/C9H7ClFN/c1-2-9(12)7-4-3-6(10)5-8(7)11/h1,3-5,9H,12H2/t9-/m1/s1. The Labute approximate surface area is 75.3 Å². The maximum Gasteiger partial charge on any atom is 0.130 e. The fraction of sp³-hybridized carbons (Fsp3) is 0.111. The molecular weight excluding hydrogens is 177 g/mol. The predicted octanol–water partition coefficient (Wildman–Crippen LogP) is 2.11. The maximum absolute atomic E-state index is 13.0. The van der Waals surface area contributed by atoms with Crippen molar-refractivity contribution in [3.8, 4) is 12.3 Å². The normalized spacial score (nSPS) is 12.2. The highest BCUT2D eigenvalue weighted by Crippen LogP contribution is 2.18. The molecule has 0 aliphatic carbocycles. The molecule has 12 heavy (non-hydrogen) atoms. The van der Waals surface area contributed by atoms with Gasteiger partial charge in [-0.2, -0.15) is 0 Å². The van der Waals surface area contributed by atoms with Crippen molar-refractivity contribution in [2.75, 3.05) is 0 Å². The van der Waals surface area contributed by atoms with Crippen LogP contribution in [0.15, 0.2) is 18.2 Å². The lowest BCUT2D eigenvalue weighted by atomic mass is 10.1. The monoisotopic (exact) mass is 183 g/mol. The highest BCUT2D eigenvalue weighted by atomic mass is 35.5. The van der Waals surface area contributed by atoms with E-state index in [1.165, 1.54) is 12.1 Å². The van der Waals surface area contributed by atoms with Crippen LogP contribution < -0.4 is 5.73 Å². The second-order valence-electron chi connectivity index (χ2n) is 2.31. The first-order chi connectivity index (χ1) is 5.65. The van der Waals surface area contributed by atoms with E-state index in [1.54, 1.807) is 6.07 Å². The Morgan fingerprint density at radius 2 is 2.25 bits per heavy atom. The second-order valence-corrected chi connectivity index (χ2v) is 2.75. The Balaban J connectivity index is 3.11. The summed E-state index contributed by atoms with van der Waals surface area (Å²) in [5.41, 5.74) is 5.72. The Morgan fingerprint density at radius 3 is 2.75 bits per heavy atom. The lowest BCUT2D eigenvalue weighted by molar-refractivity contribution is 0.604. The first kappa shape index (κ1) is 9.05. The number of nitrogens with two attached hydrogens (primary N) is 1. The van der Waals surface area contributed by atoms with Gasteiger partial charge >= 0.3 is 0 Å². The van der Waals surface area contributed by atoms with E-state index in [-0.39, 0.29) is 0 Å². The van der Waals surface area contributed by atoms with Gasteiger partial charge in [0, 0.05) is 10.6 Å². The van der Waals surface area contributed by atoms with E-state index in [9.17, 15) is 4.39 Å². The molecule has 1 aromatic rings. The van der Waals surface area contributed by atoms with Gasteiger partial charge in [0.05, 0.1) is 6.04 Å². The number of hydrogen-bond acceptors (Lipinski definition) is 1. The van der Waals surface area contributed by atoms with Gasteiger partial charge in [0.1, 0.15) is 5.82 Å². The molecule has 0 fully saturated rings. The first-order valence-electron chi connectivity index (χ1n) is 3.32. The van der Waals surface area contributed by atoms with Crippen LogP contribution in [0, 0.1) is 18.2 Å². The summed E-state index contributed by atoms with van der Waals surface area (Å²) >= 11 is 5.53. The SMILES string of the molecule is C#C[C@@H](N)c1ccc(Cl)cc1F. The summed E-state index contributed by atoms with van der Waals surface area (Å²) in [5.74, 6) is 1.77. The van der Waals surface area contributed by atoms with Crippen molar-refractivity contribution >= 4 is 11.6 Å². The van der Waals surface area contributed by atoms with Crippen LogP contribution in [0.4, 0.5) is 4.39 Å². The van der Waals surface area contributed by atoms with Crippen molar-refractivity contribution in [1.29, 1.82) is 0 Å². The molecule has 1 atom stereocenters. The van der Waals surface area contributed by atoms with Crippen molar-refractivity contribution < 1.29 is 4.39 Å². The smallest absolute Gasteiger partial charge is 0.130 e. The van der Waals surface area contributed by atoms with Gasteiger partial charge in [0.15, 0.2) is 0 Å². The molecule has 0 aromatic heterocycles. The van der Waals surface area contributed by atoms with Crippen LogP contribution in [0.25, 0.3) is 0 Å². The van der Waals surface area contributed by atoms with E-state index in [1.807, 2.05) is 0 Å². The van der Waals surface area contributed by atoms with Gasteiger partial charge in [0.2, 0.25) is 0 Å². The minimum Gasteiger partial charge on any atom is -0.314 e. The summed E-state index contributed by atoms with van der Waals surface area (Å²) in [4.78, 5) is 0. The largest absolute Gasteiger partial charge is 0.314 e. The summed E-state index contributed by atoms with van der Waals surface area (Å²) in [5, 5.41) is 0.334. The molecule has 0 spiro atoms. The fourth-order valence-electron chi connectivity index (χ4n) is 0.844. The molecule has 0 radical (unpaired) electrons. The molecule has 0 bridgehead atoms. The fourth-order valence-corrected chi connectivity index (χ4v) is 1.00. The quantitative estimate of drug-likeness (QED) is 0.664. The van der Waals surface area contributed by atoms with Crippen LogP contribution in [0.3, 0.4) is 0 Å². The van der Waals surface area contributed by atoms with Crippen LogP contribution in [0.2, 0.25) is 5.02 Å². The Bertz CT molecular complexity index is 330. The molecule has 1 aromatic carbocycles. The Kier molecular flexibility index (Phi) is 2.69. The molecular formula is C9H7ClFN. The molecule has 0 saturated heterocycles. The topological polar surface area (TPSA) is 26.0 Å². The molecule has 3 heteroatoms. The average molecular weight is 184 g/mol. The molecule has 0 heterocycles. The van der Waals surface area contributed by atoms with E-state index in [0.717, 1.165) is 0 Å². The third kappa shape index (κ3) is 1.76. The van der Waals surface area contributed by atoms with Crippen molar-refractivity contribution in [3.63, 3.8) is 0 Å². The number of rotatable bonds is 1. The average Bonchev–Trinajstić information content (AvgIpc) is 2.03. The zero-order chi connectivity index (χ0) is 9.14. The molecule has 0 amide bonds. The van der Waals surface area contributed by atoms with Gasteiger partial charge in [-0.3, -0.25) is 0 Å². The number of hydrogen-bond donors (Lipinski definition) is 1. The van der Waals surface area contributed by atoms with E-state index in [0.29, 0.717) is 10.6 Å². The number of halogens is 2. The van der Waals surface area contributed by atoms with E-state index < -0.39 is 11.9 Å². The Morgan fingerprint density at radius 1 is 1.58 bits per heavy atom. The van der Waals surface area contributed by atoms with Crippen LogP contribution >= 0.6 is 11.6 Å². The summed E-state index contributed by atoms with van der Waals surface area (Å²) in [6, 6.07) is 3.52. The molecule has 0 aliphatic heterocycles. The summed E-state index contributed by atoms with van der Waals surface area (Å²) in [6.07, 6.45) is 5.04. The van der Waals surface area contributed by atoms with Crippen molar-refractivity contribution in [2.24, 2.45) is 5.73 Å². The van der Waals surface area contributed by atoms with Crippen molar-refractivity contribution in [1.82, 2.24) is 0 Å². The van der Waals surface area contributed by atoms with Crippen LogP contribution in [-0.4, -0.2) is 0 Å². The molecule has 0 saturated carbocycles. The minimum atomic E-state index is -0.706. The highest BCUT2D eigenvalue weighted by molar-refractivity contribution is 6.30. The third-order valence-corrected chi connectivity index (χ3v) is 1.71. The van der Waals surface area contributed by atoms with Gasteiger partial charge < -0.3 is 5.73 Å². The highest BCUT2D eigenvalue weighted by Gasteiger charge is 2.08. The van der Waals surface area contributed by atoms with Crippen molar-refractivity contribution in [3.05, 3.63) is 34.6 Å². The number of benzene rings is 1. The number of terminal acetylenes is 1. The molecule has 2 N–H and O–H groups in total. The van der Waals surface area contributed by atoms with E-state index in [4.69, 9.17) is 23.8 Å². The first-order valence-corrected chi connectivity index (χ1v) is 3.69. The van der Waals surface area contributed by atoms with Crippen LogP contribution in [-0.2, 0) is 0 Å². The van der Waals surface area contributed by atoms with Gasteiger partial charge in [-0.1, -0.05) is 23.6 Å². The predicted molar refractivity (Wildman–Crippen MR) is 47.2 cm³/mol. The van der Waals surface area contributed by atoms with Gasteiger partial charge in [-0.05, 0) is 12.1 Å². The molecule has 1 nitrogen and oxygen atoms in total. The minimum absolute atomic E-state index is 0.293. The summed E-state index contributed by atoms with van der Waals surface area (Å²) < 4.78 is 13.0. The molecule has 0 aliphatic rings. The van der Waals surface area contributed by atoms with Gasteiger partial charge in [-0.25, -0.2) is 4.39 Å². The van der Waals surface area contributed by atoms with Gasteiger partial charge in [0.25, 0.3) is 0 Å². The summed E-state index contributed by atoms with van der Waals surface area (Å²) in [7, 11) is 0. The van der Waals surface area contributed by atoms with Crippen LogP contribution in [0.5, 0.6) is 0 Å². The lowest BCUT2D eigenvalue weighted by Crippen LogP contribution is -2.09. The zero-order valence-electron chi connectivity index (χ0n) is 6.22. The van der Waals surface area contributed by atoms with E-state index in [2.05, 4.69) is 5.92 Å².